The Hall–Kier alpha value is -3.10. The number of hydrogen-bond acceptors (Lipinski definition) is 6. The van der Waals surface area contributed by atoms with Crippen molar-refractivity contribution in [3.63, 3.8) is 0 Å². The van der Waals surface area contributed by atoms with Gasteiger partial charge in [0.1, 0.15) is 5.75 Å². The molecule has 1 aromatic heterocycles. The number of pyridine rings is 1. The Morgan fingerprint density at radius 2 is 1.49 bits per heavy atom. The van der Waals surface area contributed by atoms with Crippen LogP contribution in [0, 0.1) is 0 Å². The van der Waals surface area contributed by atoms with E-state index in [9.17, 15) is 8.42 Å². The molecule has 3 aromatic rings. The van der Waals surface area contributed by atoms with Crippen molar-refractivity contribution >= 4 is 45.8 Å². The van der Waals surface area contributed by atoms with E-state index in [1.54, 1.807) is 25.3 Å². The SMILES string of the molecule is C.CCCc1cnc(-c2ccc(OC)cc2)c(-c2ccccc2S(N)(=O)=O)c1.NC(=O)S.NC(=O)S.O. The molecule has 0 unspecified atom stereocenters. The number of primary sulfonamides is 1. The van der Waals surface area contributed by atoms with Gasteiger partial charge in [-0.3, -0.25) is 14.6 Å². The van der Waals surface area contributed by atoms with Gasteiger partial charge in [-0.25, -0.2) is 13.6 Å². The number of amides is 2. The van der Waals surface area contributed by atoms with E-state index < -0.39 is 20.5 Å². The lowest BCUT2D eigenvalue weighted by Gasteiger charge is -2.14. The van der Waals surface area contributed by atoms with Crippen molar-refractivity contribution in [2.45, 2.75) is 32.1 Å². The topological polar surface area (TPSA) is 200 Å². The summed E-state index contributed by atoms with van der Waals surface area (Å²) >= 11 is 6.21. The van der Waals surface area contributed by atoms with Crippen molar-refractivity contribution in [2.24, 2.45) is 16.6 Å². The van der Waals surface area contributed by atoms with Crippen molar-refractivity contribution < 1.29 is 28.2 Å². The zero-order chi connectivity index (χ0) is 26.6. The van der Waals surface area contributed by atoms with Crippen molar-refractivity contribution in [1.29, 1.82) is 0 Å². The van der Waals surface area contributed by atoms with Gasteiger partial charge in [-0.1, -0.05) is 64.2 Å². The molecule has 0 radical (unpaired) electrons. The molecule has 2 amide bonds. The molecule has 0 saturated carbocycles. The van der Waals surface area contributed by atoms with E-state index in [0.29, 0.717) is 11.3 Å². The Kier molecular flexibility index (Phi) is 16.9. The summed E-state index contributed by atoms with van der Waals surface area (Å²) in [6.45, 7) is 2.09. The standard InChI is InChI=1S/C21H22N2O3S.2CH3NOS.CH4.H2O/c1-3-6-15-13-19(18-7-4-5-8-20(18)27(22,24)25)21(23-14-15)16-9-11-17(26-2)12-10-16;2*2-1(3)4;;/h4-5,7-14H,3,6H2,1-2H3,(H2,22,24,25);2*(H3,2,3,4);1H4;1H2. The Labute approximate surface area is 228 Å². The zero-order valence-corrected chi connectivity index (χ0v) is 22.3. The number of ether oxygens (including phenoxy) is 1. The summed E-state index contributed by atoms with van der Waals surface area (Å²) in [6, 6.07) is 16.3. The van der Waals surface area contributed by atoms with Gasteiger partial charge in [0, 0.05) is 22.9 Å². The summed E-state index contributed by atoms with van der Waals surface area (Å²) in [6.07, 6.45) is 3.67. The van der Waals surface area contributed by atoms with Crippen LogP contribution in [0.1, 0.15) is 26.3 Å². The molecule has 0 fully saturated rings. The summed E-state index contributed by atoms with van der Waals surface area (Å²) in [4.78, 5) is 22.9. The lowest BCUT2D eigenvalue weighted by Crippen LogP contribution is -2.13. The van der Waals surface area contributed by atoms with Crippen LogP contribution in [-0.4, -0.2) is 36.5 Å². The van der Waals surface area contributed by atoms with Crippen molar-refractivity contribution in [1.82, 2.24) is 4.98 Å². The van der Waals surface area contributed by atoms with E-state index in [4.69, 9.17) is 19.5 Å². The number of benzene rings is 2. The Morgan fingerprint density at radius 1 is 0.973 bits per heavy atom. The number of thiol groups is 2. The fraction of sp³-hybridized carbons (Fsp3) is 0.208. The van der Waals surface area contributed by atoms with E-state index in [-0.39, 0.29) is 17.8 Å². The summed E-state index contributed by atoms with van der Waals surface area (Å²) in [5, 5.41) is 4.18. The minimum atomic E-state index is -3.86. The first-order valence-electron chi connectivity index (χ1n) is 10.1. The molecule has 204 valence electrons. The highest BCUT2D eigenvalue weighted by molar-refractivity contribution is 7.96. The molecule has 13 heteroatoms. The quantitative estimate of drug-likeness (QED) is 0.279. The largest absolute Gasteiger partial charge is 0.497 e. The summed E-state index contributed by atoms with van der Waals surface area (Å²) in [5.41, 5.74) is 12.6. The minimum Gasteiger partial charge on any atom is -0.497 e. The monoisotopic (exact) mass is 570 g/mol. The third-order valence-corrected chi connectivity index (χ3v) is 5.30. The van der Waals surface area contributed by atoms with E-state index in [0.717, 1.165) is 35.3 Å². The summed E-state index contributed by atoms with van der Waals surface area (Å²) in [7, 11) is -2.25. The third-order valence-electron chi connectivity index (χ3n) is 4.33. The molecule has 0 atom stereocenters. The minimum absolute atomic E-state index is 0. The van der Waals surface area contributed by atoms with Crippen LogP contribution >= 0.6 is 25.3 Å². The van der Waals surface area contributed by atoms with Gasteiger partial charge in [-0.15, -0.1) is 0 Å². The number of sulfonamides is 1. The van der Waals surface area contributed by atoms with E-state index in [1.165, 1.54) is 6.07 Å². The number of primary amides is 2. The number of hydrogen-bond donors (Lipinski definition) is 5. The first-order valence-corrected chi connectivity index (χ1v) is 12.6. The summed E-state index contributed by atoms with van der Waals surface area (Å²) < 4.78 is 29.4. The highest BCUT2D eigenvalue weighted by Crippen LogP contribution is 2.35. The Morgan fingerprint density at radius 3 is 1.95 bits per heavy atom. The van der Waals surface area contributed by atoms with Crippen LogP contribution in [0.5, 0.6) is 5.75 Å². The van der Waals surface area contributed by atoms with Gasteiger partial charge in [0.05, 0.1) is 17.7 Å². The van der Waals surface area contributed by atoms with Crippen LogP contribution in [0.3, 0.4) is 0 Å². The molecule has 10 nitrogen and oxygen atoms in total. The average Bonchev–Trinajstić information content (AvgIpc) is 2.78. The molecule has 0 spiro atoms. The van der Waals surface area contributed by atoms with Gasteiger partial charge in [0.2, 0.25) is 10.0 Å². The van der Waals surface area contributed by atoms with Gasteiger partial charge in [0.25, 0.3) is 10.5 Å². The number of carbonyl (C=O) groups is 2. The summed E-state index contributed by atoms with van der Waals surface area (Å²) in [5.74, 6) is 0.743. The number of rotatable bonds is 6. The van der Waals surface area contributed by atoms with Crippen LogP contribution in [0.25, 0.3) is 22.4 Å². The van der Waals surface area contributed by atoms with Crippen LogP contribution in [-0.2, 0) is 16.4 Å². The number of nitrogens with zero attached hydrogens (tertiary/aromatic N) is 1. The van der Waals surface area contributed by atoms with E-state index in [2.05, 4.69) is 48.6 Å². The maximum atomic E-state index is 12.1. The number of carbonyl (C=O) groups excluding carboxylic acids is 2. The first-order chi connectivity index (χ1) is 16.4. The maximum Gasteiger partial charge on any atom is 0.273 e. The first kappa shape index (κ1) is 36.1. The van der Waals surface area contributed by atoms with Crippen LogP contribution in [0.4, 0.5) is 9.59 Å². The Bertz CT molecular complexity index is 1230. The van der Waals surface area contributed by atoms with Gasteiger partial charge in [-0.05, 0) is 48.4 Å². The fourth-order valence-corrected chi connectivity index (χ4v) is 3.81. The second-order valence-electron chi connectivity index (χ2n) is 6.94. The van der Waals surface area contributed by atoms with E-state index in [1.807, 2.05) is 36.5 Å². The number of methoxy groups -OCH3 is 1. The molecule has 0 aliphatic heterocycles. The van der Waals surface area contributed by atoms with E-state index >= 15 is 0 Å². The third kappa shape index (κ3) is 12.6. The average molecular weight is 571 g/mol. The molecule has 0 aliphatic rings. The molecule has 2 aromatic carbocycles. The Balaban J connectivity index is 0. The normalized spacial score (nSPS) is 9.65. The highest BCUT2D eigenvalue weighted by atomic mass is 32.2. The highest BCUT2D eigenvalue weighted by Gasteiger charge is 2.19. The van der Waals surface area contributed by atoms with Crippen molar-refractivity contribution in [2.75, 3.05) is 7.11 Å². The predicted molar refractivity (Wildman–Crippen MR) is 155 cm³/mol. The molecular weight excluding hydrogens is 536 g/mol. The molecule has 8 N–H and O–H groups in total. The lowest BCUT2D eigenvalue weighted by atomic mass is 9.97. The molecule has 1 heterocycles. The smallest absolute Gasteiger partial charge is 0.273 e. The van der Waals surface area contributed by atoms with Crippen LogP contribution < -0.4 is 21.3 Å². The number of nitrogens with two attached hydrogens (primary N) is 3. The lowest BCUT2D eigenvalue weighted by molar-refractivity contribution is 0.266. The molecule has 0 aliphatic carbocycles. The van der Waals surface area contributed by atoms with Gasteiger partial charge >= 0.3 is 0 Å². The van der Waals surface area contributed by atoms with Crippen LogP contribution in [0.15, 0.2) is 65.7 Å². The van der Waals surface area contributed by atoms with Crippen LogP contribution in [0.2, 0.25) is 0 Å². The number of aromatic nitrogens is 1. The molecule has 0 saturated heterocycles. The van der Waals surface area contributed by atoms with Gasteiger partial charge < -0.3 is 21.7 Å². The van der Waals surface area contributed by atoms with Crippen molar-refractivity contribution in [3.05, 3.63) is 66.4 Å². The van der Waals surface area contributed by atoms with Crippen molar-refractivity contribution in [3.8, 4) is 28.1 Å². The second kappa shape index (κ2) is 17.4. The van der Waals surface area contributed by atoms with Gasteiger partial charge in [-0.2, -0.15) is 0 Å². The number of aryl methyl sites for hydroxylation is 1. The maximum absolute atomic E-state index is 12.1. The zero-order valence-electron chi connectivity index (χ0n) is 19.7. The molecule has 37 heavy (non-hydrogen) atoms. The molecule has 3 rings (SSSR count). The van der Waals surface area contributed by atoms with Gasteiger partial charge in [0.15, 0.2) is 0 Å². The fourth-order valence-electron chi connectivity index (χ4n) is 3.05. The predicted octanol–water partition coefficient (Wildman–Crippen LogP) is 3.83. The molecule has 0 bridgehead atoms. The molecular formula is C24H34N4O6S3. The second-order valence-corrected chi connectivity index (χ2v) is 9.35.